The standard InChI is InChI=1S/C11H9BrN4O/c12-9-6-13-11(14-7-9)16-15-5-8-3-1-2-4-10(8)17/h1-4,6-7,17H,5H2. The highest BCUT2D eigenvalue weighted by Crippen LogP contribution is 2.17. The monoisotopic (exact) mass is 292 g/mol. The first-order valence-electron chi connectivity index (χ1n) is 4.87. The minimum absolute atomic E-state index is 0.211. The molecule has 0 saturated carbocycles. The van der Waals surface area contributed by atoms with E-state index in [4.69, 9.17) is 0 Å². The first kappa shape index (κ1) is 11.7. The van der Waals surface area contributed by atoms with Gasteiger partial charge >= 0.3 is 0 Å². The topological polar surface area (TPSA) is 70.7 Å². The van der Waals surface area contributed by atoms with Crippen molar-refractivity contribution in [2.75, 3.05) is 0 Å². The second-order valence-electron chi connectivity index (χ2n) is 3.23. The lowest BCUT2D eigenvalue weighted by atomic mass is 10.2. The van der Waals surface area contributed by atoms with Crippen LogP contribution in [0.1, 0.15) is 5.56 Å². The van der Waals surface area contributed by atoms with Crippen LogP contribution >= 0.6 is 15.9 Å². The minimum atomic E-state index is 0.211. The number of hydrogen-bond acceptors (Lipinski definition) is 5. The highest BCUT2D eigenvalue weighted by Gasteiger charge is 1.98. The van der Waals surface area contributed by atoms with Crippen LogP contribution in [0.15, 0.2) is 51.4 Å². The Hall–Kier alpha value is -1.82. The van der Waals surface area contributed by atoms with Crippen molar-refractivity contribution >= 4 is 21.9 Å². The van der Waals surface area contributed by atoms with Gasteiger partial charge in [0.2, 0.25) is 0 Å². The van der Waals surface area contributed by atoms with E-state index < -0.39 is 0 Å². The molecule has 1 N–H and O–H groups in total. The van der Waals surface area contributed by atoms with E-state index in [-0.39, 0.29) is 5.75 Å². The minimum Gasteiger partial charge on any atom is -0.508 e. The van der Waals surface area contributed by atoms with Gasteiger partial charge in [0.15, 0.2) is 0 Å². The molecule has 6 heteroatoms. The molecule has 0 atom stereocenters. The zero-order valence-electron chi connectivity index (χ0n) is 8.79. The Morgan fingerprint density at radius 1 is 1.18 bits per heavy atom. The Kier molecular flexibility index (Phi) is 3.77. The summed E-state index contributed by atoms with van der Waals surface area (Å²) in [6.07, 6.45) is 3.20. The average molecular weight is 293 g/mol. The largest absolute Gasteiger partial charge is 0.508 e. The van der Waals surface area contributed by atoms with Crippen LogP contribution in [0.25, 0.3) is 0 Å². The van der Waals surface area contributed by atoms with Gasteiger partial charge in [-0.15, -0.1) is 5.11 Å². The Morgan fingerprint density at radius 2 is 1.88 bits per heavy atom. The Balaban J connectivity index is 2.03. The Morgan fingerprint density at radius 3 is 2.59 bits per heavy atom. The van der Waals surface area contributed by atoms with E-state index in [0.29, 0.717) is 18.1 Å². The molecule has 5 nitrogen and oxygen atoms in total. The third-order valence-electron chi connectivity index (χ3n) is 2.00. The number of phenols is 1. The van der Waals surface area contributed by atoms with Crippen molar-refractivity contribution < 1.29 is 5.11 Å². The maximum Gasteiger partial charge on any atom is 0.268 e. The first-order chi connectivity index (χ1) is 8.25. The van der Waals surface area contributed by atoms with Crippen LogP contribution < -0.4 is 0 Å². The van der Waals surface area contributed by atoms with E-state index in [9.17, 15) is 5.11 Å². The summed E-state index contributed by atoms with van der Waals surface area (Å²) in [4.78, 5) is 7.90. The molecule has 2 rings (SSSR count). The number of para-hydroxylation sites is 1. The van der Waals surface area contributed by atoms with Crippen molar-refractivity contribution in [3.63, 3.8) is 0 Å². The SMILES string of the molecule is Oc1ccccc1CN=Nc1ncc(Br)cn1. The smallest absolute Gasteiger partial charge is 0.268 e. The molecule has 0 saturated heterocycles. The molecular formula is C11H9BrN4O. The summed E-state index contributed by atoms with van der Waals surface area (Å²) in [5.74, 6) is 0.506. The maximum absolute atomic E-state index is 9.50. The lowest BCUT2D eigenvalue weighted by Gasteiger charge is -1.98. The molecule has 0 aliphatic heterocycles. The average Bonchev–Trinajstić information content (AvgIpc) is 2.34. The zero-order chi connectivity index (χ0) is 12.1. The van der Waals surface area contributed by atoms with Gasteiger partial charge in [0, 0.05) is 18.0 Å². The summed E-state index contributed by atoms with van der Waals surface area (Å²) < 4.78 is 0.789. The number of nitrogens with zero attached hydrogens (tertiary/aromatic N) is 4. The van der Waals surface area contributed by atoms with E-state index in [1.165, 1.54) is 0 Å². The molecule has 0 aliphatic carbocycles. The molecule has 0 spiro atoms. The summed E-state index contributed by atoms with van der Waals surface area (Å²) in [6, 6.07) is 6.99. The molecule has 1 heterocycles. The summed E-state index contributed by atoms with van der Waals surface area (Å²) in [7, 11) is 0. The third kappa shape index (κ3) is 3.32. The fourth-order valence-electron chi connectivity index (χ4n) is 1.18. The second-order valence-corrected chi connectivity index (χ2v) is 4.15. The fraction of sp³-hybridized carbons (Fsp3) is 0.0909. The molecular weight excluding hydrogens is 284 g/mol. The highest BCUT2D eigenvalue weighted by molar-refractivity contribution is 9.10. The van der Waals surface area contributed by atoms with Crippen LogP contribution in [-0.2, 0) is 6.54 Å². The van der Waals surface area contributed by atoms with Gasteiger partial charge < -0.3 is 5.11 Å². The molecule has 1 aromatic carbocycles. The zero-order valence-corrected chi connectivity index (χ0v) is 10.4. The van der Waals surface area contributed by atoms with Crippen LogP contribution in [0, 0.1) is 0 Å². The molecule has 0 aliphatic rings. The van der Waals surface area contributed by atoms with Gasteiger partial charge in [0.05, 0.1) is 11.0 Å². The van der Waals surface area contributed by atoms with E-state index >= 15 is 0 Å². The summed E-state index contributed by atoms with van der Waals surface area (Å²) in [5.41, 5.74) is 0.716. The van der Waals surface area contributed by atoms with Gasteiger partial charge in [-0.25, -0.2) is 9.97 Å². The number of benzene rings is 1. The van der Waals surface area contributed by atoms with Crippen molar-refractivity contribution in [2.45, 2.75) is 6.54 Å². The number of azo groups is 1. The Labute approximate surface area is 106 Å². The predicted molar refractivity (Wildman–Crippen MR) is 66.1 cm³/mol. The normalized spacial score (nSPS) is 10.9. The van der Waals surface area contributed by atoms with Gasteiger partial charge in [-0.05, 0) is 22.0 Å². The van der Waals surface area contributed by atoms with Gasteiger partial charge in [-0.2, -0.15) is 5.11 Å². The van der Waals surface area contributed by atoms with Gasteiger partial charge in [-0.1, -0.05) is 18.2 Å². The number of halogens is 1. The molecule has 0 radical (unpaired) electrons. The summed E-state index contributed by atoms with van der Waals surface area (Å²) in [5, 5.41) is 17.3. The molecule has 0 unspecified atom stereocenters. The lowest BCUT2D eigenvalue weighted by molar-refractivity contribution is 0.468. The molecule has 0 amide bonds. The van der Waals surface area contributed by atoms with Crippen molar-refractivity contribution in [1.29, 1.82) is 0 Å². The number of aromatic hydroxyl groups is 1. The summed E-state index contributed by atoms with van der Waals surface area (Å²) in [6.45, 7) is 0.298. The molecule has 1 aromatic heterocycles. The van der Waals surface area contributed by atoms with Crippen LogP contribution in [-0.4, -0.2) is 15.1 Å². The number of phenolic OH excluding ortho intramolecular Hbond substituents is 1. The third-order valence-corrected chi connectivity index (χ3v) is 2.41. The van der Waals surface area contributed by atoms with Crippen molar-refractivity contribution in [2.24, 2.45) is 10.2 Å². The summed E-state index contributed by atoms with van der Waals surface area (Å²) >= 11 is 3.23. The van der Waals surface area contributed by atoms with Crippen molar-refractivity contribution in [3.8, 4) is 5.75 Å². The van der Waals surface area contributed by atoms with E-state index in [0.717, 1.165) is 4.47 Å². The maximum atomic E-state index is 9.50. The highest BCUT2D eigenvalue weighted by atomic mass is 79.9. The van der Waals surface area contributed by atoms with Gasteiger partial charge in [0.25, 0.3) is 5.95 Å². The van der Waals surface area contributed by atoms with Gasteiger partial charge in [-0.3, -0.25) is 0 Å². The van der Waals surface area contributed by atoms with Crippen LogP contribution in [0.5, 0.6) is 5.75 Å². The number of aromatic nitrogens is 2. The van der Waals surface area contributed by atoms with Crippen LogP contribution in [0.2, 0.25) is 0 Å². The molecule has 17 heavy (non-hydrogen) atoms. The second kappa shape index (κ2) is 5.49. The fourth-order valence-corrected chi connectivity index (χ4v) is 1.38. The van der Waals surface area contributed by atoms with E-state index in [2.05, 4.69) is 36.1 Å². The molecule has 86 valence electrons. The van der Waals surface area contributed by atoms with E-state index in [1.807, 2.05) is 6.07 Å². The quantitative estimate of drug-likeness (QED) is 0.883. The van der Waals surface area contributed by atoms with Crippen LogP contribution in [0.4, 0.5) is 5.95 Å². The number of hydrogen-bond donors (Lipinski definition) is 1. The van der Waals surface area contributed by atoms with Crippen molar-refractivity contribution in [1.82, 2.24) is 9.97 Å². The predicted octanol–water partition coefficient (Wildman–Crippen LogP) is 3.23. The lowest BCUT2D eigenvalue weighted by Crippen LogP contribution is -1.82. The first-order valence-corrected chi connectivity index (χ1v) is 5.67. The number of rotatable bonds is 3. The van der Waals surface area contributed by atoms with E-state index in [1.54, 1.807) is 30.6 Å². The Bertz CT molecular complexity index is 527. The van der Waals surface area contributed by atoms with Crippen LogP contribution in [0.3, 0.4) is 0 Å². The van der Waals surface area contributed by atoms with Gasteiger partial charge in [0.1, 0.15) is 5.75 Å². The van der Waals surface area contributed by atoms with Crippen molar-refractivity contribution in [3.05, 3.63) is 46.7 Å². The molecule has 2 aromatic rings. The molecule has 0 fully saturated rings. The molecule has 0 bridgehead atoms.